The fraction of sp³-hybridized carbons (Fsp3) is 0.0370. The molecule has 0 aliphatic heterocycles. The van der Waals surface area contributed by atoms with Crippen molar-refractivity contribution < 1.29 is 0 Å². The number of aromatic nitrogens is 2. The summed E-state index contributed by atoms with van der Waals surface area (Å²) in [4.78, 5) is 4.50. The van der Waals surface area contributed by atoms with Crippen LogP contribution in [0.3, 0.4) is 0 Å². The number of hydrogen-bond acceptors (Lipinski definition) is 2. The van der Waals surface area contributed by atoms with E-state index in [1.54, 1.807) is 0 Å². The first-order valence-electron chi connectivity index (χ1n) is 19.9. The second-order valence-electron chi connectivity index (χ2n) is 15.2. The van der Waals surface area contributed by atoms with E-state index in [2.05, 4.69) is 239 Å². The Morgan fingerprint density at radius 3 is 1.31 bits per heavy atom. The molecule has 58 heavy (non-hydrogen) atoms. The van der Waals surface area contributed by atoms with Gasteiger partial charge in [0.1, 0.15) is 0 Å². The van der Waals surface area contributed by atoms with E-state index in [-0.39, 0.29) is 0 Å². The molecule has 0 fully saturated rings. The van der Waals surface area contributed by atoms with E-state index < -0.39 is 0 Å². The van der Waals surface area contributed by atoms with E-state index in [0.717, 1.165) is 28.4 Å². The lowest BCUT2D eigenvalue weighted by Crippen LogP contribution is -2.10. The summed E-state index contributed by atoms with van der Waals surface area (Å²) in [6, 6.07) is 74.8. The van der Waals surface area contributed by atoms with E-state index >= 15 is 0 Å². The minimum Gasteiger partial charge on any atom is -0.345 e. The highest BCUT2D eigenvalue weighted by molar-refractivity contribution is 6.12. The van der Waals surface area contributed by atoms with E-state index in [4.69, 9.17) is 0 Å². The summed E-state index contributed by atoms with van der Waals surface area (Å²) >= 11 is 0. The van der Waals surface area contributed by atoms with Crippen LogP contribution in [0.5, 0.6) is 0 Å². The summed E-state index contributed by atoms with van der Waals surface area (Å²) < 4.78 is 4.79. The highest BCUT2D eigenvalue weighted by atomic mass is 15.1. The minimum absolute atomic E-state index is 1.14. The third-order valence-electron chi connectivity index (χ3n) is 11.9. The van der Waals surface area contributed by atoms with Crippen LogP contribution in [0, 0.1) is 0 Å². The molecule has 0 bridgehead atoms. The van der Waals surface area contributed by atoms with Crippen molar-refractivity contribution in [2.24, 2.45) is 0 Å². The van der Waals surface area contributed by atoms with Crippen LogP contribution >= 0.6 is 0 Å². The van der Waals surface area contributed by atoms with E-state index in [9.17, 15) is 0 Å². The molecule has 0 N–H and O–H groups in total. The fourth-order valence-corrected chi connectivity index (χ4v) is 8.95. The van der Waals surface area contributed by atoms with Gasteiger partial charge in [0.05, 0.1) is 22.1 Å². The van der Waals surface area contributed by atoms with Gasteiger partial charge in [0.15, 0.2) is 0 Å². The lowest BCUT2D eigenvalue weighted by atomic mass is 10.0. The van der Waals surface area contributed by atoms with Crippen LogP contribution < -0.4 is 9.80 Å². The number of para-hydroxylation sites is 3. The molecule has 2 heterocycles. The standard InChI is InChI=1S/C54H40N4/c1-55(40-15-4-3-5-16-40)41-25-29-43(30-26-41)57-51-20-10-8-18-46(51)48-35-38(23-33-53(48)57)39-24-34-54-49(36-39)47-19-9-11-21-52(47)58(54)44-31-27-42(28-32-44)56(2)50-22-12-14-37-13-6-7-17-45(37)50/h3-36H,1-2H3. The van der Waals surface area contributed by atoms with Crippen molar-refractivity contribution in [2.45, 2.75) is 0 Å². The number of hydrogen-bond donors (Lipinski definition) is 0. The summed E-state index contributed by atoms with van der Waals surface area (Å²) in [7, 11) is 4.27. The first kappa shape index (κ1) is 33.8. The molecule has 0 aliphatic rings. The van der Waals surface area contributed by atoms with Crippen LogP contribution in [0.15, 0.2) is 206 Å². The Balaban J connectivity index is 0.966. The summed E-state index contributed by atoms with van der Waals surface area (Å²) in [5.74, 6) is 0. The molecule has 4 nitrogen and oxygen atoms in total. The van der Waals surface area contributed by atoms with Gasteiger partial charge < -0.3 is 18.9 Å². The molecule has 0 amide bonds. The molecule has 0 spiro atoms. The molecule has 0 radical (unpaired) electrons. The fourth-order valence-electron chi connectivity index (χ4n) is 8.95. The Morgan fingerprint density at radius 2 is 0.741 bits per heavy atom. The maximum atomic E-state index is 2.40. The van der Waals surface area contributed by atoms with Crippen molar-refractivity contribution in [1.29, 1.82) is 0 Å². The van der Waals surface area contributed by atoms with Gasteiger partial charge in [-0.15, -0.1) is 0 Å². The third kappa shape index (κ3) is 5.45. The average molecular weight is 745 g/mol. The molecule has 2 aromatic heterocycles. The quantitative estimate of drug-likeness (QED) is 0.162. The third-order valence-corrected chi connectivity index (χ3v) is 11.9. The molecule has 276 valence electrons. The normalized spacial score (nSPS) is 11.6. The molecule has 0 aliphatic carbocycles. The van der Waals surface area contributed by atoms with Gasteiger partial charge >= 0.3 is 0 Å². The lowest BCUT2D eigenvalue weighted by molar-refractivity contribution is 1.16. The Bertz CT molecular complexity index is 3300. The monoisotopic (exact) mass is 744 g/mol. The second-order valence-corrected chi connectivity index (χ2v) is 15.2. The van der Waals surface area contributed by atoms with Crippen molar-refractivity contribution in [3.05, 3.63) is 206 Å². The van der Waals surface area contributed by atoms with Crippen molar-refractivity contribution in [3.63, 3.8) is 0 Å². The van der Waals surface area contributed by atoms with Gasteiger partial charge in [0, 0.05) is 75.2 Å². The number of fused-ring (bicyclic) bond motifs is 7. The maximum absolute atomic E-state index is 2.40. The SMILES string of the molecule is CN(c1ccccc1)c1ccc(-n2c3ccccc3c3cc(-c4ccc5c(c4)c4ccccc4n5-c4ccc(N(C)c5cccc6ccccc56)cc4)ccc32)cc1. The summed E-state index contributed by atoms with van der Waals surface area (Å²) in [5.41, 5.74) is 14.1. The van der Waals surface area contributed by atoms with Gasteiger partial charge in [0.2, 0.25) is 0 Å². The highest BCUT2D eigenvalue weighted by Crippen LogP contribution is 2.39. The van der Waals surface area contributed by atoms with Crippen LogP contribution in [0.1, 0.15) is 0 Å². The molecule has 9 aromatic carbocycles. The van der Waals surface area contributed by atoms with Gasteiger partial charge in [-0.2, -0.15) is 0 Å². The van der Waals surface area contributed by atoms with Crippen molar-refractivity contribution >= 4 is 77.1 Å². The molecule has 0 unspecified atom stereocenters. The van der Waals surface area contributed by atoms with E-state index in [0.29, 0.717) is 0 Å². The molecule has 0 saturated carbocycles. The second kappa shape index (κ2) is 13.6. The van der Waals surface area contributed by atoms with Gasteiger partial charge in [-0.05, 0) is 120 Å². The Kier molecular flexibility index (Phi) is 7.90. The maximum Gasteiger partial charge on any atom is 0.0541 e. The highest BCUT2D eigenvalue weighted by Gasteiger charge is 2.17. The van der Waals surface area contributed by atoms with Crippen LogP contribution in [0.25, 0.3) is 76.9 Å². The minimum atomic E-state index is 1.14. The number of nitrogens with zero attached hydrogens (tertiary/aromatic N) is 4. The predicted molar refractivity (Wildman–Crippen MR) is 247 cm³/mol. The Morgan fingerprint density at radius 1 is 0.310 bits per heavy atom. The molecule has 0 atom stereocenters. The number of rotatable bonds is 7. The molecule has 11 aromatic rings. The van der Waals surface area contributed by atoms with Gasteiger partial charge in [-0.1, -0.05) is 103 Å². The zero-order valence-electron chi connectivity index (χ0n) is 32.4. The zero-order valence-corrected chi connectivity index (χ0v) is 32.4. The summed E-state index contributed by atoms with van der Waals surface area (Å²) in [6.07, 6.45) is 0. The van der Waals surface area contributed by atoms with E-state index in [1.165, 1.54) is 71.2 Å². The molecule has 0 saturated heterocycles. The Hall–Kier alpha value is -7.56. The molecular weight excluding hydrogens is 705 g/mol. The Labute approximate surface area is 337 Å². The number of benzene rings is 9. The zero-order chi connectivity index (χ0) is 38.7. The predicted octanol–water partition coefficient (Wildman–Crippen LogP) is 14.2. The van der Waals surface area contributed by atoms with E-state index in [1.807, 2.05) is 0 Å². The lowest BCUT2D eigenvalue weighted by Gasteiger charge is -2.22. The van der Waals surface area contributed by atoms with Gasteiger partial charge in [0.25, 0.3) is 0 Å². The first-order valence-corrected chi connectivity index (χ1v) is 19.9. The van der Waals surface area contributed by atoms with Crippen molar-refractivity contribution in [2.75, 3.05) is 23.9 Å². The summed E-state index contributed by atoms with van der Waals surface area (Å²) in [6.45, 7) is 0. The topological polar surface area (TPSA) is 16.3 Å². The largest absolute Gasteiger partial charge is 0.345 e. The first-order chi connectivity index (χ1) is 28.6. The smallest absolute Gasteiger partial charge is 0.0541 e. The summed E-state index contributed by atoms with van der Waals surface area (Å²) in [5, 5.41) is 7.47. The van der Waals surface area contributed by atoms with Crippen molar-refractivity contribution in [1.82, 2.24) is 9.13 Å². The van der Waals surface area contributed by atoms with Crippen LogP contribution in [-0.2, 0) is 0 Å². The number of anilines is 4. The molecular formula is C54H40N4. The van der Waals surface area contributed by atoms with Crippen LogP contribution in [-0.4, -0.2) is 23.2 Å². The molecule has 4 heteroatoms. The average Bonchev–Trinajstić information content (AvgIpc) is 3.81. The van der Waals surface area contributed by atoms with Gasteiger partial charge in [-0.3, -0.25) is 0 Å². The molecule has 11 rings (SSSR count). The van der Waals surface area contributed by atoms with Crippen LogP contribution in [0.2, 0.25) is 0 Å². The van der Waals surface area contributed by atoms with Crippen LogP contribution in [0.4, 0.5) is 22.7 Å². The van der Waals surface area contributed by atoms with Gasteiger partial charge in [-0.25, -0.2) is 0 Å². The van der Waals surface area contributed by atoms with Crippen molar-refractivity contribution in [3.8, 4) is 22.5 Å².